The fourth-order valence-electron chi connectivity index (χ4n) is 1.81. The summed E-state index contributed by atoms with van der Waals surface area (Å²) in [5, 5.41) is 11.0. The molecule has 0 aliphatic heterocycles. The van der Waals surface area contributed by atoms with E-state index < -0.39 is 0 Å². The van der Waals surface area contributed by atoms with Gasteiger partial charge in [-0.2, -0.15) is 0 Å². The molecular formula is C12H11BrN6. The number of anilines is 1. The molecule has 3 aromatic heterocycles. The molecule has 0 aromatic carbocycles. The lowest BCUT2D eigenvalue weighted by Crippen LogP contribution is -2.11. The van der Waals surface area contributed by atoms with Crippen LogP contribution in [0.3, 0.4) is 0 Å². The zero-order valence-electron chi connectivity index (χ0n) is 9.99. The SMILES string of the molecule is Brc1cnc2c(NCCn3ccnn3)ccnc2c1. The first-order chi connectivity index (χ1) is 9.33. The highest BCUT2D eigenvalue weighted by atomic mass is 79.9. The standard InChI is InChI=1S/C12H11BrN6/c13-9-7-11-12(16-8-9)10(1-2-14-11)15-3-5-19-6-4-17-18-19/h1-2,4,6-8H,3,5H2,(H,14,15). The molecule has 6 nitrogen and oxygen atoms in total. The maximum atomic E-state index is 4.39. The molecule has 0 fully saturated rings. The summed E-state index contributed by atoms with van der Waals surface area (Å²) >= 11 is 3.39. The van der Waals surface area contributed by atoms with E-state index in [1.807, 2.05) is 18.3 Å². The second kappa shape index (κ2) is 5.31. The van der Waals surface area contributed by atoms with Gasteiger partial charge in [-0.1, -0.05) is 5.21 Å². The lowest BCUT2D eigenvalue weighted by atomic mass is 10.3. The van der Waals surface area contributed by atoms with Crippen LogP contribution in [-0.4, -0.2) is 31.5 Å². The van der Waals surface area contributed by atoms with Gasteiger partial charge in [-0.25, -0.2) is 0 Å². The van der Waals surface area contributed by atoms with Gasteiger partial charge in [0, 0.05) is 29.6 Å². The summed E-state index contributed by atoms with van der Waals surface area (Å²) in [5.41, 5.74) is 2.70. The number of fused-ring (bicyclic) bond motifs is 1. The monoisotopic (exact) mass is 318 g/mol. The van der Waals surface area contributed by atoms with Crippen LogP contribution in [0.1, 0.15) is 0 Å². The smallest absolute Gasteiger partial charge is 0.112 e. The van der Waals surface area contributed by atoms with E-state index in [1.165, 1.54) is 0 Å². The number of hydrogen-bond acceptors (Lipinski definition) is 5. The average Bonchev–Trinajstić information content (AvgIpc) is 2.92. The Labute approximate surface area is 118 Å². The summed E-state index contributed by atoms with van der Waals surface area (Å²) in [5.74, 6) is 0. The molecule has 0 saturated carbocycles. The predicted molar refractivity (Wildman–Crippen MR) is 75.7 cm³/mol. The molecule has 3 rings (SSSR count). The zero-order chi connectivity index (χ0) is 13.1. The van der Waals surface area contributed by atoms with Crippen molar-refractivity contribution in [3.63, 3.8) is 0 Å². The molecule has 3 aromatic rings. The molecule has 0 spiro atoms. The van der Waals surface area contributed by atoms with E-state index in [2.05, 4.69) is 41.5 Å². The molecule has 0 atom stereocenters. The Kier molecular flexibility index (Phi) is 3.37. The van der Waals surface area contributed by atoms with Gasteiger partial charge in [0.1, 0.15) is 5.52 Å². The fourth-order valence-corrected chi connectivity index (χ4v) is 2.12. The normalized spacial score (nSPS) is 10.8. The van der Waals surface area contributed by atoms with Crippen LogP contribution in [0.25, 0.3) is 11.0 Å². The molecule has 7 heteroatoms. The van der Waals surface area contributed by atoms with E-state index in [9.17, 15) is 0 Å². The first-order valence-electron chi connectivity index (χ1n) is 5.81. The van der Waals surface area contributed by atoms with Gasteiger partial charge in [0.05, 0.1) is 23.9 Å². The van der Waals surface area contributed by atoms with Crippen LogP contribution >= 0.6 is 15.9 Å². The molecular weight excluding hydrogens is 308 g/mol. The minimum absolute atomic E-state index is 0.750. The third kappa shape index (κ3) is 2.70. The van der Waals surface area contributed by atoms with Crippen molar-refractivity contribution in [1.29, 1.82) is 0 Å². The van der Waals surface area contributed by atoms with E-state index in [4.69, 9.17) is 0 Å². The van der Waals surface area contributed by atoms with Crippen LogP contribution in [0.5, 0.6) is 0 Å². The maximum absolute atomic E-state index is 4.39. The van der Waals surface area contributed by atoms with E-state index in [0.717, 1.165) is 34.3 Å². The van der Waals surface area contributed by atoms with E-state index in [1.54, 1.807) is 23.3 Å². The van der Waals surface area contributed by atoms with Gasteiger partial charge in [-0.05, 0) is 28.1 Å². The van der Waals surface area contributed by atoms with Crippen molar-refractivity contribution in [2.24, 2.45) is 0 Å². The number of aromatic nitrogens is 5. The van der Waals surface area contributed by atoms with E-state index in [-0.39, 0.29) is 0 Å². The molecule has 0 aliphatic rings. The summed E-state index contributed by atoms with van der Waals surface area (Å²) in [6.45, 7) is 1.50. The van der Waals surface area contributed by atoms with Crippen molar-refractivity contribution in [3.05, 3.63) is 41.4 Å². The van der Waals surface area contributed by atoms with Crippen LogP contribution in [0.2, 0.25) is 0 Å². The maximum Gasteiger partial charge on any atom is 0.112 e. The Morgan fingerprint density at radius 2 is 2.21 bits per heavy atom. The summed E-state index contributed by atoms with van der Waals surface area (Å²) in [6, 6.07) is 3.87. The Balaban J connectivity index is 1.77. The van der Waals surface area contributed by atoms with Gasteiger partial charge in [0.25, 0.3) is 0 Å². The van der Waals surface area contributed by atoms with Crippen molar-refractivity contribution in [2.75, 3.05) is 11.9 Å². The predicted octanol–water partition coefficient (Wildman–Crippen LogP) is 2.10. The number of pyridine rings is 2. The summed E-state index contributed by atoms with van der Waals surface area (Å²) in [6.07, 6.45) is 7.05. The third-order valence-electron chi connectivity index (χ3n) is 2.67. The molecule has 1 N–H and O–H groups in total. The lowest BCUT2D eigenvalue weighted by molar-refractivity contribution is 0.609. The fraction of sp³-hybridized carbons (Fsp3) is 0.167. The molecule has 19 heavy (non-hydrogen) atoms. The minimum atomic E-state index is 0.750. The second-order valence-electron chi connectivity index (χ2n) is 3.97. The number of nitrogens with zero attached hydrogens (tertiary/aromatic N) is 5. The van der Waals surface area contributed by atoms with Gasteiger partial charge in [-0.15, -0.1) is 5.10 Å². The average molecular weight is 319 g/mol. The number of halogens is 1. The Bertz CT molecular complexity index is 682. The molecule has 0 amide bonds. The third-order valence-corrected chi connectivity index (χ3v) is 3.11. The molecule has 0 bridgehead atoms. The van der Waals surface area contributed by atoms with Crippen LogP contribution in [-0.2, 0) is 6.54 Å². The number of rotatable bonds is 4. The highest BCUT2D eigenvalue weighted by Crippen LogP contribution is 2.21. The second-order valence-corrected chi connectivity index (χ2v) is 4.89. The van der Waals surface area contributed by atoms with Gasteiger partial charge < -0.3 is 5.32 Å². The molecule has 0 radical (unpaired) electrons. The highest BCUT2D eigenvalue weighted by Gasteiger charge is 2.03. The van der Waals surface area contributed by atoms with Gasteiger partial charge in [-0.3, -0.25) is 14.6 Å². The van der Waals surface area contributed by atoms with Crippen LogP contribution < -0.4 is 5.32 Å². The van der Waals surface area contributed by atoms with Crippen molar-refractivity contribution in [2.45, 2.75) is 6.54 Å². The summed E-state index contributed by atoms with van der Waals surface area (Å²) in [7, 11) is 0. The van der Waals surface area contributed by atoms with Crippen molar-refractivity contribution >= 4 is 32.7 Å². The van der Waals surface area contributed by atoms with Crippen molar-refractivity contribution in [3.8, 4) is 0 Å². The van der Waals surface area contributed by atoms with E-state index in [0.29, 0.717) is 0 Å². The van der Waals surface area contributed by atoms with Crippen molar-refractivity contribution < 1.29 is 0 Å². The van der Waals surface area contributed by atoms with Crippen LogP contribution in [0.15, 0.2) is 41.4 Å². The van der Waals surface area contributed by atoms with Crippen molar-refractivity contribution in [1.82, 2.24) is 25.0 Å². The number of hydrogen-bond donors (Lipinski definition) is 1. The first kappa shape index (κ1) is 12.0. The molecule has 0 aliphatic carbocycles. The van der Waals surface area contributed by atoms with Gasteiger partial charge in [0.2, 0.25) is 0 Å². The number of nitrogens with one attached hydrogen (secondary N) is 1. The van der Waals surface area contributed by atoms with Gasteiger partial charge >= 0.3 is 0 Å². The highest BCUT2D eigenvalue weighted by molar-refractivity contribution is 9.10. The Morgan fingerprint density at radius 1 is 1.26 bits per heavy atom. The first-order valence-corrected chi connectivity index (χ1v) is 6.60. The van der Waals surface area contributed by atoms with Crippen LogP contribution in [0, 0.1) is 0 Å². The van der Waals surface area contributed by atoms with E-state index >= 15 is 0 Å². The Morgan fingerprint density at radius 3 is 3.05 bits per heavy atom. The summed E-state index contributed by atoms with van der Waals surface area (Å²) in [4.78, 5) is 8.69. The summed E-state index contributed by atoms with van der Waals surface area (Å²) < 4.78 is 2.70. The molecule has 3 heterocycles. The molecule has 96 valence electrons. The largest absolute Gasteiger partial charge is 0.381 e. The zero-order valence-corrected chi connectivity index (χ0v) is 11.6. The van der Waals surface area contributed by atoms with Crippen LogP contribution in [0.4, 0.5) is 5.69 Å². The minimum Gasteiger partial charge on any atom is -0.381 e. The quantitative estimate of drug-likeness (QED) is 0.797. The molecule has 0 saturated heterocycles. The lowest BCUT2D eigenvalue weighted by Gasteiger charge is -2.08. The molecule has 0 unspecified atom stereocenters. The Hall–Kier alpha value is -2.02. The topological polar surface area (TPSA) is 68.5 Å². The van der Waals surface area contributed by atoms with Gasteiger partial charge in [0.15, 0.2) is 0 Å².